The molecule has 1 aliphatic heterocycles. The van der Waals surface area contributed by atoms with Crippen LogP contribution in [0.4, 0.5) is 5.69 Å². The number of methoxy groups -OCH3 is 1. The van der Waals surface area contributed by atoms with Crippen LogP contribution in [0.25, 0.3) is 5.69 Å². The standard InChI is InChI=1S/C26H24ClN5O2S/c1-33-14-15-34-23-10-9-18(16-20(23)27)32-25(24(30-26(32)35)21-7-2-3-12-29-21)22-8-5-13-31(22)19-6-4-11-28-17-19/h2-13,16-17,24-25H,14-15H2,1H3,(H,30,35)/t24-,25-/m1/s1. The maximum atomic E-state index is 6.61. The van der Waals surface area contributed by atoms with Crippen molar-refractivity contribution < 1.29 is 9.47 Å². The van der Waals surface area contributed by atoms with Crippen LogP contribution in [0.1, 0.15) is 23.5 Å². The van der Waals surface area contributed by atoms with Crippen LogP contribution in [0.3, 0.4) is 0 Å². The normalized spacial score (nSPS) is 17.4. The summed E-state index contributed by atoms with van der Waals surface area (Å²) in [5.41, 5.74) is 3.75. The molecule has 0 bridgehead atoms. The van der Waals surface area contributed by atoms with Crippen LogP contribution in [0.2, 0.25) is 5.02 Å². The highest BCUT2D eigenvalue weighted by atomic mass is 35.5. The van der Waals surface area contributed by atoms with Crippen molar-refractivity contribution in [1.29, 1.82) is 0 Å². The predicted molar refractivity (Wildman–Crippen MR) is 140 cm³/mol. The van der Waals surface area contributed by atoms with E-state index in [-0.39, 0.29) is 12.1 Å². The number of aromatic nitrogens is 3. The Bertz CT molecular complexity index is 1300. The molecule has 0 unspecified atom stereocenters. The fraction of sp³-hybridized carbons (Fsp3) is 0.192. The lowest BCUT2D eigenvalue weighted by atomic mass is 10.0. The second kappa shape index (κ2) is 10.4. The van der Waals surface area contributed by atoms with Gasteiger partial charge in [-0.2, -0.15) is 0 Å². The molecule has 0 radical (unpaired) electrons. The predicted octanol–water partition coefficient (Wildman–Crippen LogP) is 5.12. The highest BCUT2D eigenvalue weighted by Gasteiger charge is 2.42. The molecule has 178 valence electrons. The van der Waals surface area contributed by atoms with Crippen molar-refractivity contribution in [1.82, 2.24) is 19.9 Å². The molecule has 0 aliphatic carbocycles. The Morgan fingerprint density at radius 1 is 1.03 bits per heavy atom. The molecule has 9 heteroatoms. The lowest BCUT2D eigenvalue weighted by molar-refractivity contribution is 0.146. The van der Waals surface area contributed by atoms with Gasteiger partial charge in [0.15, 0.2) is 5.11 Å². The number of anilines is 1. The zero-order valence-electron chi connectivity index (χ0n) is 19.0. The Morgan fingerprint density at radius 2 is 1.94 bits per heavy atom. The molecule has 1 fully saturated rings. The number of benzene rings is 1. The van der Waals surface area contributed by atoms with Gasteiger partial charge < -0.3 is 24.3 Å². The summed E-state index contributed by atoms with van der Waals surface area (Å²) in [7, 11) is 1.63. The molecule has 0 spiro atoms. The van der Waals surface area contributed by atoms with E-state index in [1.165, 1.54) is 0 Å². The van der Waals surface area contributed by atoms with Gasteiger partial charge in [-0.05, 0) is 66.8 Å². The molecule has 1 saturated heterocycles. The highest BCUT2D eigenvalue weighted by molar-refractivity contribution is 7.80. The van der Waals surface area contributed by atoms with Crippen LogP contribution in [-0.2, 0) is 4.74 Å². The minimum Gasteiger partial charge on any atom is -0.490 e. The van der Waals surface area contributed by atoms with Gasteiger partial charge >= 0.3 is 0 Å². The second-order valence-electron chi connectivity index (χ2n) is 7.97. The number of hydrogen-bond acceptors (Lipinski definition) is 5. The molecule has 3 aromatic heterocycles. The summed E-state index contributed by atoms with van der Waals surface area (Å²) >= 11 is 12.5. The van der Waals surface area contributed by atoms with Gasteiger partial charge in [-0.15, -0.1) is 0 Å². The minimum absolute atomic E-state index is 0.176. The number of nitrogens with zero attached hydrogens (tertiary/aromatic N) is 4. The van der Waals surface area contributed by atoms with Crippen molar-refractivity contribution in [2.24, 2.45) is 0 Å². The van der Waals surface area contributed by atoms with Gasteiger partial charge in [-0.1, -0.05) is 17.7 Å². The molecule has 1 N–H and O–H groups in total. The number of hydrogen-bond donors (Lipinski definition) is 1. The molecule has 5 rings (SSSR count). The van der Waals surface area contributed by atoms with Crippen LogP contribution in [0.5, 0.6) is 5.75 Å². The van der Waals surface area contributed by atoms with E-state index < -0.39 is 0 Å². The van der Waals surface area contributed by atoms with Crippen molar-refractivity contribution in [3.8, 4) is 11.4 Å². The van der Waals surface area contributed by atoms with E-state index in [1.54, 1.807) is 19.5 Å². The topological polar surface area (TPSA) is 64.4 Å². The molecule has 4 heterocycles. The molecule has 0 amide bonds. The van der Waals surface area contributed by atoms with Crippen LogP contribution >= 0.6 is 23.8 Å². The monoisotopic (exact) mass is 505 g/mol. The highest BCUT2D eigenvalue weighted by Crippen LogP contribution is 2.43. The zero-order chi connectivity index (χ0) is 24.2. The summed E-state index contributed by atoms with van der Waals surface area (Å²) in [5, 5.41) is 4.58. The summed E-state index contributed by atoms with van der Waals surface area (Å²) in [6.45, 7) is 0.902. The number of ether oxygens (including phenoxy) is 2. The van der Waals surface area contributed by atoms with E-state index in [0.29, 0.717) is 29.1 Å². The largest absolute Gasteiger partial charge is 0.490 e. The van der Waals surface area contributed by atoms with Crippen LogP contribution in [0, 0.1) is 0 Å². The fourth-order valence-corrected chi connectivity index (χ4v) is 4.87. The van der Waals surface area contributed by atoms with Crippen LogP contribution < -0.4 is 15.0 Å². The van der Waals surface area contributed by atoms with E-state index >= 15 is 0 Å². The first-order valence-electron chi connectivity index (χ1n) is 11.2. The van der Waals surface area contributed by atoms with Gasteiger partial charge in [0.05, 0.1) is 35.2 Å². The molecule has 0 saturated carbocycles. The Balaban J connectivity index is 1.58. The Morgan fingerprint density at radius 3 is 2.69 bits per heavy atom. The fourth-order valence-electron chi connectivity index (χ4n) is 4.29. The lowest BCUT2D eigenvalue weighted by Gasteiger charge is -2.29. The average molecular weight is 506 g/mol. The SMILES string of the molecule is COCCOc1ccc(N2C(=S)N[C@H](c3ccccn3)[C@H]2c2cccn2-c2cccnc2)cc1Cl. The molecular formula is C26H24ClN5O2S. The smallest absolute Gasteiger partial charge is 0.174 e. The third kappa shape index (κ3) is 4.73. The van der Waals surface area contributed by atoms with Gasteiger partial charge in [0.25, 0.3) is 0 Å². The third-order valence-electron chi connectivity index (χ3n) is 5.84. The summed E-state index contributed by atoms with van der Waals surface area (Å²) in [6, 6.07) is 19.3. The first-order chi connectivity index (χ1) is 17.2. The molecule has 35 heavy (non-hydrogen) atoms. The number of pyridine rings is 2. The third-order valence-corrected chi connectivity index (χ3v) is 6.45. The molecule has 1 aromatic carbocycles. The average Bonchev–Trinajstić information content (AvgIpc) is 3.50. The zero-order valence-corrected chi connectivity index (χ0v) is 20.6. The lowest BCUT2D eigenvalue weighted by Crippen LogP contribution is -2.30. The van der Waals surface area contributed by atoms with Crippen LogP contribution in [0.15, 0.2) is 85.5 Å². The number of nitrogens with one attached hydrogen (secondary N) is 1. The Labute approximate surface area is 214 Å². The Kier molecular flexibility index (Phi) is 6.94. The molecule has 1 aliphatic rings. The van der Waals surface area contributed by atoms with E-state index in [2.05, 4.69) is 30.8 Å². The van der Waals surface area contributed by atoms with Crippen molar-refractivity contribution in [3.63, 3.8) is 0 Å². The summed E-state index contributed by atoms with van der Waals surface area (Å²) < 4.78 is 12.9. The van der Waals surface area contributed by atoms with E-state index in [4.69, 9.17) is 33.3 Å². The van der Waals surface area contributed by atoms with E-state index in [9.17, 15) is 0 Å². The van der Waals surface area contributed by atoms with E-state index in [0.717, 1.165) is 22.8 Å². The summed E-state index contributed by atoms with van der Waals surface area (Å²) in [6.07, 6.45) is 7.43. The maximum absolute atomic E-state index is 6.61. The molecular weight excluding hydrogens is 482 g/mol. The molecule has 4 aromatic rings. The molecule has 7 nitrogen and oxygen atoms in total. The number of halogens is 1. The first-order valence-corrected chi connectivity index (χ1v) is 12.0. The van der Waals surface area contributed by atoms with Gasteiger partial charge in [0, 0.05) is 37.1 Å². The van der Waals surface area contributed by atoms with Crippen molar-refractivity contribution in [2.45, 2.75) is 12.1 Å². The van der Waals surface area contributed by atoms with Gasteiger partial charge in [0.1, 0.15) is 18.4 Å². The van der Waals surface area contributed by atoms with Crippen molar-refractivity contribution in [3.05, 3.63) is 102 Å². The van der Waals surface area contributed by atoms with Crippen LogP contribution in [-0.4, -0.2) is 40.0 Å². The van der Waals surface area contributed by atoms with Gasteiger partial charge in [-0.3, -0.25) is 9.97 Å². The van der Waals surface area contributed by atoms with Crippen molar-refractivity contribution >= 4 is 34.6 Å². The maximum Gasteiger partial charge on any atom is 0.174 e. The number of rotatable bonds is 8. The summed E-state index contributed by atoms with van der Waals surface area (Å²) in [4.78, 5) is 11.0. The van der Waals surface area contributed by atoms with Crippen molar-refractivity contribution in [2.75, 3.05) is 25.2 Å². The second-order valence-corrected chi connectivity index (χ2v) is 8.76. The summed E-state index contributed by atoms with van der Waals surface area (Å²) in [5.74, 6) is 0.599. The minimum atomic E-state index is -0.191. The molecule has 2 atom stereocenters. The number of thiocarbonyl (C=S) groups is 1. The Hall–Kier alpha value is -3.46. The van der Waals surface area contributed by atoms with Gasteiger partial charge in [-0.25, -0.2) is 0 Å². The quantitative estimate of drug-likeness (QED) is 0.263. The van der Waals surface area contributed by atoms with Gasteiger partial charge in [0.2, 0.25) is 0 Å². The first kappa shape index (κ1) is 23.3. The van der Waals surface area contributed by atoms with E-state index in [1.807, 2.05) is 67.0 Å².